The van der Waals surface area contributed by atoms with Crippen molar-refractivity contribution in [1.82, 2.24) is 9.21 Å². The number of amides is 1. The van der Waals surface area contributed by atoms with Crippen molar-refractivity contribution in [3.8, 4) is 6.07 Å². The molecule has 148 valence electrons. The van der Waals surface area contributed by atoms with Gasteiger partial charge in [0.1, 0.15) is 5.54 Å². The summed E-state index contributed by atoms with van der Waals surface area (Å²) in [5.74, 6) is -0.109. The van der Waals surface area contributed by atoms with Crippen molar-refractivity contribution in [2.75, 3.05) is 39.8 Å². The van der Waals surface area contributed by atoms with Crippen LogP contribution in [-0.2, 0) is 14.8 Å². The monoisotopic (exact) mass is 393 g/mol. The Balaban J connectivity index is 2.01. The fourth-order valence-electron chi connectivity index (χ4n) is 3.17. The molecule has 0 bridgehead atoms. The zero-order valence-corrected chi connectivity index (χ0v) is 17.6. The molecule has 8 heteroatoms. The van der Waals surface area contributed by atoms with Gasteiger partial charge >= 0.3 is 0 Å². The maximum atomic E-state index is 12.9. The number of hydrogen-bond donors (Lipinski definition) is 1. The molecule has 2 rings (SSSR count). The third kappa shape index (κ3) is 4.67. The highest BCUT2D eigenvalue weighted by Gasteiger charge is 2.34. The van der Waals surface area contributed by atoms with Crippen LogP contribution in [0.5, 0.6) is 0 Å². The summed E-state index contributed by atoms with van der Waals surface area (Å²) in [5.41, 5.74) is 0.925. The average molecular weight is 394 g/mol. The van der Waals surface area contributed by atoms with E-state index in [1.807, 2.05) is 26.0 Å². The number of hydrogen-bond acceptors (Lipinski definition) is 4. The summed E-state index contributed by atoms with van der Waals surface area (Å²) in [6.45, 7) is 9.31. The molecule has 1 heterocycles. The van der Waals surface area contributed by atoms with Crippen LogP contribution >= 0.6 is 0 Å². The Kier molecular flexibility index (Phi) is 6.30. The zero-order valence-electron chi connectivity index (χ0n) is 16.7. The van der Waals surface area contributed by atoms with Crippen molar-refractivity contribution < 1.29 is 18.1 Å². The Bertz CT molecular complexity index is 850. The lowest BCUT2D eigenvalue weighted by molar-refractivity contribution is -0.896. The second kappa shape index (κ2) is 7.97. The number of benzene rings is 1. The third-order valence-electron chi connectivity index (χ3n) is 5.27. The van der Waals surface area contributed by atoms with Crippen molar-refractivity contribution in [2.45, 2.75) is 38.1 Å². The number of rotatable bonds is 5. The van der Waals surface area contributed by atoms with Gasteiger partial charge in [-0.25, -0.2) is 8.42 Å². The highest BCUT2D eigenvalue weighted by Crippen LogP contribution is 2.20. The Labute approximate surface area is 162 Å². The fraction of sp³-hybridized carbons (Fsp3) is 0.579. The van der Waals surface area contributed by atoms with Crippen LogP contribution < -0.4 is 4.90 Å². The van der Waals surface area contributed by atoms with Crippen molar-refractivity contribution in [3.63, 3.8) is 0 Å². The lowest BCUT2D eigenvalue weighted by Crippen LogP contribution is -3.15. The minimum Gasteiger partial charge on any atom is -0.325 e. The molecule has 1 aromatic rings. The topological polar surface area (TPSA) is 85.9 Å². The molecule has 0 atom stereocenters. The number of piperazine rings is 1. The third-order valence-corrected chi connectivity index (χ3v) is 7.32. The Morgan fingerprint density at radius 1 is 1.30 bits per heavy atom. The number of quaternary nitrogens is 1. The number of aryl methyl sites for hydroxylation is 2. The molecule has 0 saturated carbocycles. The van der Waals surface area contributed by atoms with Gasteiger partial charge in [0, 0.05) is 7.05 Å². The Hall–Kier alpha value is -1.95. The SMILES string of the molecule is Cc1ccc(S(=O)(=O)N2CC[NH+](CC(=O)N(C)C(C)(C)C#N)CC2)c(C)c1. The normalized spacial score (nSPS) is 16.7. The first kappa shape index (κ1) is 21.4. The first-order valence-corrected chi connectivity index (χ1v) is 10.5. The fourth-order valence-corrected chi connectivity index (χ4v) is 4.81. The second-order valence-corrected chi connectivity index (χ2v) is 9.63. The summed E-state index contributed by atoms with van der Waals surface area (Å²) in [7, 11) is -1.89. The van der Waals surface area contributed by atoms with Crippen molar-refractivity contribution in [1.29, 1.82) is 5.26 Å². The molecule has 0 radical (unpaired) electrons. The van der Waals surface area contributed by atoms with Crippen LogP contribution in [0.2, 0.25) is 0 Å². The number of likely N-dealkylation sites (N-methyl/N-ethyl adjacent to an activating group) is 1. The Morgan fingerprint density at radius 3 is 2.41 bits per heavy atom. The van der Waals surface area contributed by atoms with Crippen LogP contribution in [0, 0.1) is 25.2 Å². The molecule has 0 aromatic heterocycles. The molecule has 1 aliphatic heterocycles. The van der Waals surface area contributed by atoms with E-state index in [1.165, 1.54) is 9.21 Å². The van der Waals surface area contributed by atoms with Gasteiger partial charge in [-0.15, -0.1) is 0 Å². The molecule has 1 fully saturated rings. The summed E-state index contributed by atoms with van der Waals surface area (Å²) < 4.78 is 27.4. The van der Waals surface area contributed by atoms with Crippen LogP contribution in [0.4, 0.5) is 0 Å². The van der Waals surface area contributed by atoms with Crippen LogP contribution in [0.15, 0.2) is 23.1 Å². The molecular formula is C19H29N4O3S+. The average Bonchev–Trinajstić information content (AvgIpc) is 2.61. The van der Waals surface area contributed by atoms with E-state index in [9.17, 15) is 13.2 Å². The van der Waals surface area contributed by atoms with Crippen LogP contribution in [0.3, 0.4) is 0 Å². The molecule has 1 N–H and O–H groups in total. The lowest BCUT2D eigenvalue weighted by Gasteiger charge is -2.34. The van der Waals surface area contributed by atoms with Crippen LogP contribution in [0.1, 0.15) is 25.0 Å². The maximum Gasteiger partial charge on any atom is 0.278 e. The summed E-state index contributed by atoms with van der Waals surface area (Å²) in [4.78, 5) is 15.3. The van der Waals surface area contributed by atoms with Gasteiger partial charge in [-0.05, 0) is 39.3 Å². The van der Waals surface area contributed by atoms with Gasteiger partial charge < -0.3 is 9.80 Å². The zero-order chi connectivity index (χ0) is 20.4. The molecule has 0 aliphatic carbocycles. The van der Waals surface area contributed by atoms with Crippen LogP contribution in [-0.4, -0.2) is 68.8 Å². The molecule has 1 aliphatic rings. The number of nitriles is 1. The minimum absolute atomic E-state index is 0.109. The number of nitrogens with zero attached hydrogens (tertiary/aromatic N) is 3. The van der Waals surface area contributed by atoms with Gasteiger partial charge in [-0.3, -0.25) is 4.79 Å². The second-order valence-electron chi connectivity index (χ2n) is 7.72. The molecule has 7 nitrogen and oxygen atoms in total. The van der Waals surface area contributed by atoms with Gasteiger partial charge in [0.2, 0.25) is 10.0 Å². The molecule has 1 amide bonds. The smallest absolute Gasteiger partial charge is 0.278 e. The maximum absolute atomic E-state index is 12.9. The van der Waals surface area contributed by atoms with E-state index in [0.717, 1.165) is 16.0 Å². The van der Waals surface area contributed by atoms with Crippen molar-refractivity contribution in [3.05, 3.63) is 29.3 Å². The predicted molar refractivity (Wildman–Crippen MR) is 103 cm³/mol. The standard InChI is InChI=1S/C19H28N4O3S/c1-15-6-7-17(16(2)12-15)27(25,26)23-10-8-22(9-11-23)13-18(24)21(5)19(3,4)14-20/h6-7,12H,8-11,13H2,1-5H3/p+1. The summed E-state index contributed by atoms with van der Waals surface area (Å²) >= 11 is 0. The Morgan fingerprint density at radius 2 is 1.89 bits per heavy atom. The molecule has 1 saturated heterocycles. The first-order valence-electron chi connectivity index (χ1n) is 9.08. The van der Waals surface area contributed by atoms with E-state index in [1.54, 1.807) is 27.0 Å². The van der Waals surface area contributed by atoms with Gasteiger partial charge in [0.25, 0.3) is 5.91 Å². The minimum atomic E-state index is -3.52. The number of carbonyl (C=O) groups is 1. The molecule has 1 aromatic carbocycles. The highest BCUT2D eigenvalue weighted by atomic mass is 32.2. The highest BCUT2D eigenvalue weighted by molar-refractivity contribution is 7.89. The number of nitrogens with one attached hydrogen (secondary N) is 1. The molecule has 0 spiro atoms. The summed E-state index contributed by atoms with van der Waals surface area (Å²) in [6, 6.07) is 7.48. The number of sulfonamides is 1. The van der Waals surface area contributed by atoms with E-state index >= 15 is 0 Å². The van der Waals surface area contributed by atoms with E-state index < -0.39 is 15.6 Å². The van der Waals surface area contributed by atoms with Crippen molar-refractivity contribution in [2.24, 2.45) is 0 Å². The summed E-state index contributed by atoms with van der Waals surface area (Å²) in [6.07, 6.45) is 0. The quantitative estimate of drug-likeness (QED) is 0.760. The van der Waals surface area contributed by atoms with E-state index in [4.69, 9.17) is 5.26 Å². The van der Waals surface area contributed by atoms with E-state index in [2.05, 4.69) is 6.07 Å². The molecular weight excluding hydrogens is 364 g/mol. The lowest BCUT2D eigenvalue weighted by atomic mass is 10.1. The van der Waals surface area contributed by atoms with Crippen LogP contribution in [0.25, 0.3) is 0 Å². The van der Waals surface area contributed by atoms with Gasteiger partial charge in [0.15, 0.2) is 6.54 Å². The van der Waals surface area contributed by atoms with Gasteiger partial charge in [-0.2, -0.15) is 9.57 Å². The molecule has 27 heavy (non-hydrogen) atoms. The first-order chi connectivity index (χ1) is 12.5. The van der Waals surface area contributed by atoms with Gasteiger partial charge in [-0.1, -0.05) is 17.7 Å². The number of carbonyl (C=O) groups excluding carboxylic acids is 1. The molecule has 0 unspecified atom stereocenters. The van der Waals surface area contributed by atoms with E-state index in [-0.39, 0.29) is 12.5 Å². The predicted octanol–water partition coefficient (Wildman–Crippen LogP) is -0.0468. The van der Waals surface area contributed by atoms with Gasteiger partial charge in [0.05, 0.1) is 37.1 Å². The largest absolute Gasteiger partial charge is 0.325 e. The van der Waals surface area contributed by atoms with Crippen molar-refractivity contribution >= 4 is 15.9 Å². The summed E-state index contributed by atoms with van der Waals surface area (Å²) in [5, 5.41) is 9.17. The van der Waals surface area contributed by atoms with E-state index in [0.29, 0.717) is 31.1 Å².